The zero-order chi connectivity index (χ0) is 9.97. The molecule has 0 unspecified atom stereocenters. The lowest BCUT2D eigenvalue weighted by atomic mass is 10.2. The zero-order valence-electron chi connectivity index (χ0n) is 7.27. The van der Waals surface area contributed by atoms with Crippen molar-refractivity contribution in [3.63, 3.8) is 0 Å². The van der Waals surface area contributed by atoms with Crippen molar-refractivity contribution in [1.82, 2.24) is 4.98 Å². The number of benzene rings is 1. The lowest BCUT2D eigenvalue weighted by Gasteiger charge is -1.97. The normalized spacial score (nSPS) is 10.4. The van der Waals surface area contributed by atoms with E-state index in [-0.39, 0.29) is 5.82 Å². The molecule has 0 amide bonds. The Morgan fingerprint density at radius 3 is 2.79 bits per heavy atom. The van der Waals surface area contributed by atoms with Crippen molar-refractivity contribution in [1.29, 1.82) is 0 Å². The molecule has 0 aliphatic heterocycles. The van der Waals surface area contributed by atoms with Gasteiger partial charge in [-0.3, -0.25) is 0 Å². The maximum atomic E-state index is 13.3. The molecule has 0 N–H and O–H groups in total. The molecule has 0 fully saturated rings. The molecule has 0 atom stereocenters. The molecule has 14 heavy (non-hydrogen) atoms. The highest BCUT2D eigenvalue weighted by Gasteiger charge is 2.07. The molecule has 4 heteroatoms. The standard InChI is InChI=1S/C10H8FNS2/c11-8-4-2-1-3-7(8)9-6-14-10(5-13)12-9/h1-4,6,13H,5H2. The van der Waals surface area contributed by atoms with Gasteiger partial charge >= 0.3 is 0 Å². The average molecular weight is 225 g/mol. The molecule has 2 rings (SSSR count). The number of halogens is 1. The Balaban J connectivity index is 2.44. The van der Waals surface area contributed by atoms with Crippen molar-refractivity contribution < 1.29 is 4.39 Å². The molecule has 1 aromatic carbocycles. The molecule has 0 bridgehead atoms. The highest BCUT2D eigenvalue weighted by atomic mass is 32.1. The SMILES string of the molecule is Fc1ccccc1-c1csc(CS)n1. The predicted octanol–water partition coefficient (Wildman–Crippen LogP) is 3.38. The summed E-state index contributed by atoms with van der Waals surface area (Å²) < 4.78 is 13.3. The lowest BCUT2D eigenvalue weighted by Crippen LogP contribution is -1.84. The molecule has 2 aromatic rings. The minimum Gasteiger partial charge on any atom is -0.240 e. The van der Waals surface area contributed by atoms with Gasteiger partial charge in [0.25, 0.3) is 0 Å². The Kier molecular flexibility index (Phi) is 2.84. The molecule has 72 valence electrons. The topological polar surface area (TPSA) is 12.9 Å². The van der Waals surface area contributed by atoms with Gasteiger partial charge in [0.05, 0.1) is 5.69 Å². The van der Waals surface area contributed by atoms with E-state index in [4.69, 9.17) is 0 Å². The van der Waals surface area contributed by atoms with Gasteiger partial charge in [-0.2, -0.15) is 12.6 Å². The van der Waals surface area contributed by atoms with Crippen LogP contribution in [0.3, 0.4) is 0 Å². The van der Waals surface area contributed by atoms with Crippen LogP contribution in [0.1, 0.15) is 5.01 Å². The maximum Gasteiger partial charge on any atom is 0.132 e. The minimum atomic E-state index is -0.233. The molecular weight excluding hydrogens is 217 g/mol. The van der Waals surface area contributed by atoms with Gasteiger partial charge in [0.15, 0.2) is 0 Å². The average Bonchev–Trinajstić information content (AvgIpc) is 2.67. The van der Waals surface area contributed by atoms with E-state index in [1.807, 2.05) is 5.38 Å². The molecule has 0 saturated heterocycles. The van der Waals surface area contributed by atoms with Gasteiger partial charge in [0.1, 0.15) is 10.8 Å². The van der Waals surface area contributed by atoms with E-state index in [9.17, 15) is 4.39 Å². The monoisotopic (exact) mass is 225 g/mol. The first-order chi connectivity index (χ1) is 6.81. The number of hydrogen-bond acceptors (Lipinski definition) is 3. The third-order valence-corrected chi connectivity index (χ3v) is 3.20. The van der Waals surface area contributed by atoms with Crippen LogP contribution in [0.5, 0.6) is 0 Å². The zero-order valence-corrected chi connectivity index (χ0v) is 8.99. The first-order valence-electron chi connectivity index (χ1n) is 4.11. The minimum absolute atomic E-state index is 0.233. The number of thiol groups is 1. The Hall–Kier alpha value is -0.870. The van der Waals surface area contributed by atoms with Crippen LogP contribution in [0.2, 0.25) is 0 Å². The summed E-state index contributed by atoms with van der Waals surface area (Å²) >= 11 is 5.61. The molecule has 1 heterocycles. The van der Waals surface area contributed by atoms with E-state index in [2.05, 4.69) is 17.6 Å². The van der Waals surface area contributed by atoms with Crippen LogP contribution < -0.4 is 0 Å². The molecule has 0 aliphatic rings. The first-order valence-corrected chi connectivity index (χ1v) is 5.62. The predicted molar refractivity (Wildman–Crippen MR) is 60.2 cm³/mol. The summed E-state index contributed by atoms with van der Waals surface area (Å²) in [5.74, 6) is 0.363. The third kappa shape index (κ3) is 1.81. The van der Waals surface area contributed by atoms with Crippen LogP contribution in [-0.4, -0.2) is 4.98 Å². The van der Waals surface area contributed by atoms with Gasteiger partial charge in [-0.05, 0) is 12.1 Å². The van der Waals surface area contributed by atoms with E-state index in [0.29, 0.717) is 17.0 Å². The lowest BCUT2D eigenvalue weighted by molar-refractivity contribution is 0.631. The second-order valence-corrected chi connectivity index (χ2v) is 4.02. The summed E-state index contributed by atoms with van der Waals surface area (Å²) in [5, 5.41) is 2.76. The largest absolute Gasteiger partial charge is 0.240 e. The summed E-state index contributed by atoms with van der Waals surface area (Å²) in [6, 6.07) is 6.64. The van der Waals surface area contributed by atoms with Crippen LogP contribution in [0.25, 0.3) is 11.3 Å². The Morgan fingerprint density at radius 2 is 2.14 bits per heavy atom. The van der Waals surface area contributed by atoms with Crippen LogP contribution in [0, 0.1) is 5.82 Å². The third-order valence-electron chi connectivity index (χ3n) is 1.84. The molecule has 0 radical (unpaired) electrons. The van der Waals surface area contributed by atoms with Crippen molar-refractivity contribution in [3.05, 3.63) is 40.5 Å². The second-order valence-electron chi connectivity index (χ2n) is 2.76. The van der Waals surface area contributed by atoms with Crippen molar-refractivity contribution in [2.45, 2.75) is 5.75 Å². The first kappa shape index (κ1) is 9.68. The quantitative estimate of drug-likeness (QED) is 0.773. The number of nitrogens with zero attached hydrogens (tertiary/aromatic N) is 1. The maximum absolute atomic E-state index is 13.3. The van der Waals surface area contributed by atoms with E-state index in [1.165, 1.54) is 17.4 Å². The van der Waals surface area contributed by atoms with Gasteiger partial charge in [-0.15, -0.1) is 11.3 Å². The molecule has 0 saturated carbocycles. The molecule has 1 nitrogen and oxygen atoms in total. The summed E-state index contributed by atoms with van der Waals surface area (Å²) in [7, 11) is 0. The van der Waals surface area contributed by atoms with E-state index < -0.39 is 0 Å². The summed E-state index contributed by atoms with van der Waals surface area (Å²) in [5.41, 5.74) is 1.24. The van der Waals surface area contributed by atoms with Crippen LogP contribution in [0.15, 0.2) is 29.6 Å². The van der Waals surface area contributed by atoms with Gasteiger partial charge in [0.2, 0.25) is 0 Å². The highest BCUT2D eigenvalue weighted by molar-refractivity contribution is 7.79. The fraction of sp³-hybridized carbons (Fsp3) is 0.100. The second kappa shape index (κ2) is 4.11. The number of aromatic nitrogens is 1. The summed E-state index contributed by atoms with van der Waals surface area (Å²) in [6.45, 7) is 0. The van der Waals surface area contributed by atoms with Crippen molar-refractivity contribution in [2.75, 3.05) is 0 Å². The fourth-order valence-electron chi connectivity index (χ4n) is 1.18. The van der Waals surface area contributed by atoms with Crippen LogP contribution in [0.4, 0.5) is 4.39 Å². The van der Waals surface area contributed by atoms with E-state index in [0.717, 1.165) is 5.01 Å². The summed E-state index contributed by atoms with van der Waals surface area (Å²) in [4.78, 5) is 4.26. The Morgan fingerprint density at radius 1 is 1.36 bits per heavy atom. The Bertz CT molecular complexity index is 439. The highest BCUT2D eigenvalue weighted by Crippen LogP contribution is 2.24. The van der Waals surface area contributed by atoms with Crippen LogP contribution >= 0.6 is 24.0 Å². The molecule has 0 spiro atoms. The fourth-order valence-corrected chi connectivity index (χ4v) is 2.12. The molecular formula is C10H8FNS2. The molecule has 1 aromatic heterocycles. The number of hydrogen-bond donors (Lipinski definition) is 1. The number of thiazole rings is 1. The van der Waals surface area contributed by atoms with Gasteiger partial charge in [-0.1, -0.05) is 12.1 Å². The van der Waals surface area contributed by atoms with Crippen molar-refractivity contribution >= 4 is 24.0 Å². The van der Waals surface area contributed by atoms with Crippen molar-refractivity contribution in [2.24, 2.45) is 0 Å². The summed E-state index contributed by atoms with van der Waals surface area (Å²) in [6.07, 6.45) is 0. The van der Waals surface area contributed by atoms with Gasteiger partial charge in [-0.25, -0.2) is 9.37 Å². The Labute approximate surface area is 91.0 Å². The number of rotatable bonds is 2. The smallest absolute Gasteiger partial charge is 0.132 e. The van der Waals surface area contributed by atoms with Crippen molar-refractivity contribution in [3.8, 4) is 11.3 Å². The van der Waals surface area contributed by atoms with Gasteiger partial charge < -0.3 is 0 Å². The van der Waals surface area contributed by atoms with E-state index in [1.54, 1.807) is 18.2 Å². The van der Waals surface area contributed by atoms with E-state index >= 15 is 0 Å². The van der Waals surface area contributed by atoms with Gasteiger partial charge in [0, 0.05) is 16.7 Å². The molecule has 0 aliphatic carbocycles. The van der Waals surface area contributed by atoms with Crippen LogP contribution in [-0.2, 0) is 5.75 Å².